The Balaban J connectivity index is 1.99. The van der Waals surface area contributed by atoms with Gasteiger partial charge in [-0.3, -0.25) is 0 Å². The maximum Gasteiger partial charge on any atom is 0.161 e. The highest BCUT2D eigenvalue weighted by Crippen LogP contribution is 2.29. The third-order valence-corrected chi connectivity index (χ3v) is 4.34. The average Bonchev–Trinajstić information content (AvgIpc) is 2.57. The van der Waals surface area contributed by atoms with Crippen molar-refractivity contribution in [3.63, 3.8) is 0 Å². The van der Waals surface area contributed by atoms with Gasteiger partial charge in [0.2, 0.25) is 0 Å². The fourth-order valence-corrected chi connectivity index (χ4v) is 3.53. The molecule has 0 aliphatic heterocycles. The van der Waals surface area contributed by atoms with E-state index in [1.54, 1.807) is 7.11 Å². The van der Waals surface area contributed by atoms with E-state index < -0.39 is 0 Å². The minimum atomic E-state index is 0.202. The molecule has 142 valence electrons. The Labute approximate surface area is 158 Å². The van der Waals surface area contributed by atoms with Gasteiger partial charge in [-0.05, 0) is 43.0 Å². The zero-order valence-electron chi connectivity index (χ0n) is 17.1. The summed E-state index contributed by atoms with van der Waals surface area (Å²) in [6, 6.07) is 16.4. The molecule has 0 aromatic heterocycles. The van der Waals surface area contributed by atoms with E-state index in [1.165, 1.54) is 5.56 Å². The first-order valence-corrected chi connectivity index (χ1v) is 9.37. The molecule has 2 aromatic rings. The highest BCUT2D eigenvalue weighted by atomic mass is 16.5. The summed E-state index contributed by atoms with van der Waals surface area (Å²) in [5.74, 6) is 1.58. The van der Waals surface area contributed by atoms with Crippen molar-refractivity contribution in [3.8, 4) is 11.5 Å². The fourth-order valence-electron chi connectivity index (χ4n) is 3.53. The minimum absolute atomic E-state index is 0.202. The van der Waals surface area contributed by atoms with E-state index in [-0.39, 0.29) is 5.54 Å². The van der Waals surface area contributed by atoms with Gasteiger partial charge in [0, 0.05) is 12.0 Å². The predicted octanol–water partition coefficient (Wildman–Crippen LogP) is 4.55. The zero-order valence-corrected chi connectivity index (χ0v) is 17.1. The Morgan fingerprint density at radius 2 is 1.54 bits per heavy atom. The zero-order chi connectivity index (χ0) is 19.2. The molecule has 0 aliphatic rings. The molecule has 0 saturated carbocycles. The molecule has 0 saturated heterocycles. The monoisotopic (exact) mass is 356 g/mol. The third-order valence-electron chi connectivity index (χ3n) is 4.34. The summed E-state index contributed by atoms with van der Waals surface area (Å²) in [4.78, 5) is 0. The summed E-state index contributed by atoms with van der Waals surface area (Å²) >= 11 is 0. The van der Waals surface area contributed by atoms with Crippen LogP contribution in [-0.2, 0) is 13.2 Å². The average molecular weight is 357 g/mol. The number of ether oxygens (including phenoxy) is 2. The molecule has 0 fully saturated rings. The lowest BCUT2D eigenvalue weighted by Gasteiger charge is -2.30. The quantitative estimate of drug-likeness (QED) is 0.753. The van der Waals surface area contributed by atoms with Gasteiger partial charge in [-0.25, -0.2) is 0 Å². The first-order chi connectivity index (χ1) is 12.2. The molecule has 0 amide bonds. The maximum atomic E-state index is 5.95. The van der Waals surface area contributed by atoms with Crippen LogP contribution in [0.2, 0.25) is 0 Å². The van der Waals surface area contributed by atoms with E-state index in [0.717, 1.165) is 30.0 Å². The van der Waals surface area contributed by atoms with E-state index in [2.05, 4.69) is 64.2 Å². The Kier molecular flexibility index (Phi) is 6.71. The molecule has 0 bridgehead atoms. The molecule has 3 nitrogen and oxygen atoms in total. The number of rotatable bonds is 8. The molecular weight excluding hydrogens is 322 g/mol. The SMILES string of the molecule is COc1cc(C[NH2+]C(C)(C)CC(C)(C)C)ccc1OCc1ccccc1. The highest BCUT2D eigenvalue weighted by molar-refractivity contribution is 5.42. The first kappa shape index (κ1) is 20.3. The Bertz CT molecular complexity index is 687. The molecule has 0 heterocycles. The Morgan fingerprint density at radius 3 is 2.15 bits per heavy atom. The van der Waals surface area contributed by atoms with Crippen LogP contribution in [0.5, 0.6) is 11.5 Å². The topological polar surface area (TPSA) is 35.1 Å². The van der Waals surface area contributed by atoms with Crippen molar-refractivity contribution >= 4 is 0 Å². The molecule has 0 aliphatic carbocycles. The molecule has 2 aromatic carbocycles. The van der Waals surface area contributed by atoms with Crippen molar-refractivity contribution in [2.75, 3.05) is 7.11 Å². The summed E-state index contributed by atoms with van der Waals surface area (Å²) in [7, 11) is 1.70. The van der Waals surface area contributed by atoms with E-state index in [1.807, 2.05) is 24.3 Å². The van der Waals surface area contributed by atoms with Gasteiger partial charge in [-0.2, -0.15) is 0 Å². The van der Waals surface area contributed by atoms with E-state index in [9.17, 15) is 0 Å². The smallest absolute Gasteiger partial charge is 0.161 e. The van der Waals surface area contributed by atoms with Crippen LogP contribution < -0.4 is 14.8 Å². The van der Waals surface area contributed by atoms with Gasteiger partial charge in [0.1, 0.15) is 13.2 Å². The first-order valence-electron chi connectivity index (χ1n) is 9.37. The molecule has 0 spiro atoms. The van der Waals surface area contributed by atoms with E-state index in [4.69, 9.17) is 9.47 Å². The van der Waals surface area contributed by atoms with Crippen LogP contribution in [0.25, 0.3) is 0 Å². The van der Waals surface area contributed by atoms with Gasteiger partial charge in [0.25, 0.3) is 0 Å². The second-order valence-corrected chi connectivity index (χ2v) is 8.89. The predicted molar refractivity (Wildman–Crippen MR) is 108 cm³/mol. The number of hydrogen-bond acceptors (Lipinski definition) is 2. The number of hydrogen-bond donors (Lipinski definition) is 1. The van der Waals surface area contributed by atoms with Crippen LogP contribution in [0.1, 0.15) is 52.2 Å². The lowest BCUT2D eigenvalue weighted by atomic mass is 9.82. The molecular formula is C23H34NO2+. The Morgan fingerprint density at radius 1 is 0.846 bits per heavy atom. The van der Waals surface area contributed by atoms with Gasteiger partial charge in [-0.1, -0.05) is 51.1 Å². The molecule has 0 radical (unpaired) electrons. The van der Waals surface area contributed by atoms with Crippen molar-refractivity contribution in [3.05, 3.63) is 59.7 Å². The van der Waals surface area contributed by atoms with Crippen LogP contribution in [0, 0.1) is 5.41 Å². The molecule has 2 rings (SSSR count). The lowest BCUT2D eigenvalue weighted by Crippen LogP contribution is -2.94. The van der Waals surface area contributed by atoms with Crippen molar-refractivity contribution in [2.24, 2.45) is 5.41 Å². The standard InChI is InChI=1S/C23H33NO2/c1-22(2,3)17-23(4,5)24-15-19-12-13-20(21(14-19)25-6)26-16-18-10-8-7-9-11-18/h7-14,24H,15-17H2,1-6H3/p+1. The highest BCUT2D eigenvalue weighted by Gasteiger charge is 2.28. The molecule has 2 N–H and O–H groups in total. The van der Waals surface area contributed by atoms with Crippen LogP contribution in [-0.4, -0.2) is 12.6 Å². The summed E-state index contributed by atoms with van der Waals surface area (Å²) in [6.07, 6.45) is 1.16. The van der Waals surface area contributed by atoms with E-state index >= 15 is 0 Å². The summed E-state index contributed by atoms with van der Waals surface area (Å²) in [6.45, 7) is 13.0. The van der Waals surface area contributed by atoms with Crippen LogP contribution >= 0.6 is 0 Å². The molecule has 0 atom stereocenters. The van der Waals surface area contributed by atoms with Gasteiger partial charge in [0.05, 0.1) is 12.6 Å². The van der Waals surface area contributed by atoms with E-state index in [0.29, 0.717) is 12.0 Å². The van der Waals surface area contributed by atoms with Crippen molar-refractivity contribution < 1.29 is 14.8 Å². The molecule has 3 heteroatoms. The summed E-state index contributed by atoms with van der Waals surface area (Å²) in [5.41, 5.74) is 2.92. The van der Waals surface area contributed by atoms with Gasteiger partial charge in [-0.15, -0.1) is 0 Å². The molecule has 26 heavy (non-hydrogen) atoms. The van der Waals surface area contributed by atoms with Crippen molar-refractivity contribution in [1.29, 1.82) is 0 Å². The lowest BCUT2D eigenvalue weighted by molar-refractivity contribution is -0.737. The van der Waals surface area contributed by atoms with Gasteiger partial charge < -0.3 is 14.8 Å². The number of methoxy groups -OCH3 is 1. The maximum absolute atomic E-state index is 5.95. The second kappa shape index (κ2) is 8.59. The third kappa shape index (κ3) is 6.72. The largest absolute Gasteiger partial charge is 0.493 e. The van der Waals surface area contributed by atoms with Crippen LogP contribution in [0.3, 0.4) is 0 Å². The van der Waals surface area contributed by atoms with Crippen LogP contribution in [0.15, 0.2) is 48.5 Å². The summed E-state index contributed by atoms with van der Waals surface area (Å²) < 4.78 is 11.5. The fraction of sp³-hybridized carbons (Fsp3) is 0.478. The summed E-state index contributed by atoms with van der Waals surface area (Å²) in [5, 5.41) is 2.41. The second-order valence-electron chi connectivity index (χ2n) is 8.89. The molecule has 0 unspecified atom stereocenters. The van der Waals surface area contributed by atoms with Gasteiger partial charge >= 0.3 is 0 Å². The number of benzene rings is 2. The normalized spacial score (nSPS) is 12.1. The van der Waals surface area contributed by atoms with Gasteiger partial charge in [0.15, 0.2) is 11.5 Å². The van der Waals surface area contributed by atoms with Crippen LogP contribution in [0.4, 0.5) is 0 Å². The minimum Gasteiger partial charge on any atom is -0.493 e. The Hall–Kier alpha value is -2.00. The number of quaternary nitrogens is 1. The van der Waals surface area contributed by atoms with Crippen molar-refractivity contribution in [1.82, 2.24) is 0 Å². The number of nitrogens with two attached hydrogens (primary N) is 1. The van der Waals surface area contributed by atoms with Crippen molar-refractivity contribution in [2.45, 2.75) is 59.7 Å².